The van der Waals surface area contributed by atoms with Crippen LogP contribution in [0.1, 0.15) is 5.69 Å². The Bertz CT molecular complexity index is 533. The van der Waals surface area contributed by atoms with Crippen molar-refractivity contribution in [1.82, 2.24) is 9.59 Å². The number of methoxy groups -OCH3 is 1. The average Bonchev–Trinajstić information content (AvgIpc) is 2.84. The van der Waals surface area contributed by atoms with Gasteiger partial charge in [-0.2, -0.15) is 0 Å². The average molecular weight is 330 g/mol. The number of aromatic nitrogens is 2. The second kappa shape index (κ2) is 6.01. The van der Waals surface area contributed by atoms with Crippen LogP contribution in [0.15, 0.2) is 22.7 Å². The first-order valence-corrected chi connectivity index (χ1v) is 6.77. The van der Waals surface area contributed by atoms with Gasteiger partial charge in [0.2, 0.25) is 0 Å². The Morgan fingerprint density at radius 2 is 2.28 bits per heavy atom. The zero-order chi connectivity index (χ0) is 13.0. The third-order valence-corrected chi connectivity index (χ3v) is 3.70. The predicted molar refractivity (Wildman–Crippen MR) is 74.5 cm³/mol. The van der Waals surface area contributed by atoms with Crippen molar-refractivity contribution in [2.45, 2.75) is 6.61 Å². The minimum Gasteiger partial charge on any atom is -0.493 e. The van der Waals surface area contributed by atoms with Gasteiger partial charge in [0.05, 0.1) is 11.6 Å². The van der Waals surface area contributed by atoms with E-state index in [1.54, 1.807) is 7.11 Å². The molecule has 5 nitrogen and oxygen atoms in total. The molecular formula is C11H12BrN3O2S. The summed E-state index contributed by atoms with van der Waals surface area (Å²) in [6, 6.07) is 5.63. The molecule has 0 amide bonds. The summed E-state index contributed by atoms with van der Waals surface area (Å²) in [6.45, 7) is 0.339. The van der Waals surface area contributed by atoms with Gasteiger partial charge in [-0.15, -0.1) is 5.10 Å². The highest BCUT2D eigenvalue weighted by molar-refractivity contribution is 9.10. The standard InChI is InChI=1S/C11H12BrN3O2S/c1-13-11-8(14-15-18-11)6-17-10-7(12)4-3-5-9(10)16-2/h3-5,13H,6H2,1-2H3. The summed E-state index contributed by atoms with van der Waals surface area (Å²) < 4.78 is 15.7. The van der Waals surface area contributed by atoms with Gasteiger partial charge in [-0.05, 0) is 28.1 Å². The molecular weight excluding hydrogens is 318 g/mol. The van der Waals surface area contributed by atoms with E-state index in [1.165, 1.54) is 11.5 Å². The maximum absolute atomic E-state index is 5.74. The maximum atomic E-state index is 5.74. The number of anilines is 1. The largest absolute Gasteiger partial charge is 0.493 e. The van der Waals surface area contributed by atoms with Gasteiger partial charge in [0.1, 0.15) is 17.3 Å². The fraction of sp³-hybridized carbons (Fsp3) is 0.273. The molecule has 1 aromatic carbocycles. The minimum atomic E-state index is 0.339. The molecule has 1 aromatic heterocycles. The topological polar surface area (TPSA) is 56.3 Å². The van der Waals surface area contributed by atoms with Crippen LogP contribution in [0.2, 0.25) is 0 Å². The predicted octanol–water partition coefficient (Wildman–Crippen LogP) is 2.93. The third kappa shape index (κ3) is 2.73. The van der Waals surface area contributed by atoms with Crippen molar-refractivity contribution in [2.24, 2.45) is 0 Å². The second-order valence-corrected chi connectivity index (χ2v) is 4.97. The Balaban J connectivity index is 2.15. The number of nitrogens with zero attached hydrogens (tertiary/aromatic N) is 2. The minimum absolute atomic E-state index is 0.339. The molecule has 2 aromatic rings. The molecule has 0 saturated heterocycles. The van der Waals surface area contributed by atoms with E-state index in [1.807, 2.05) is 25.2 Å². The SMILES string of the molecule is CNc1snnc1COc1c(Br)cccc1OC. The fourth-order valence-corrected chi connectivity index (χ4v) is 2.40. The molecule has 0 radical (unpaired) electrons. The van der Waals surface area contributed by atoms with Gasteiger partial charge in [0, 0.05) is 18.6 Å². The molecule has 0 aliphatic rings. The van der Waals surface area contributed by atoms with Crippen LogP contribution in [0, 0.1) is 0 Å². The van der Waals surface area contributed by atoms with Crippen LogP contribution in [0.25, 0.3) is 0 Å². The van der Waals surface area contributed by atoms with Crippen molar-refractivity contribution in [3.63, 3.8) is 0 Å². The number of nitrogens with one attached hydrogen (secondary N) is 1. The van der Waals surface area contributed by atoms with E-state index in [0.717, 1.165) is 15.2 Å². The quantitative estimate of drug-likeness (QED) is 0.913. The van der Waals surface area contributed by atoms with Crippen molar-refractivity contribution in [3.8, 4) is 11.5 Å². The Labute approximate surface area is 117 Å². The van der Waals surface area contributed by atoms with E-state index < -0.39 is 0 Å². The van der Waals surface area contributed by atoms with Gasteiger partial charge in [0.15, 0.2) is 11.5 Å². The maximum Gasteiger partial charge on any atom is 0.175 e. The zero-order valence-electron chi connectivity index (χ0n) is 9.94. The molecule has 7 heteroatoms. The molecule has 1 N–H and O–H groups in total. The Morgan fingerprint density at radius 3 is 3.00 bits per heavy atom. The lowest BCUT2D eigenvalue weighted by atomic mass is 10.3. The lowest BCUT2D eigenvalue weighted by Gasteiger charge is -2.11. The molecule has 0 saturated carbocycles. The molecule has 18 heavy (non-hydrogen) atoms. The molecule has 0 unspecified atom stereocenters. The van der Waals surface area contributed by atoms with Crippen molar-refractivity contribution >= 4 is 32.5 Å². The van der Waals surface area contributed by atoms with Gasteiger partial charge in [-0.3, -0.25) is 0 Å². The van der Waals surface area contributed by atoms with Gasteiger partial charge < -0.3 is 14.8 Å². The van der Waals surface area contributed by atoms with Gasteiger partial charge in [-0.25, -0.2) is 0 Å². The first kappa shape index (κ1) is 13.1. The molecule has 0 aliphatic carbocycles. The molecule has 96 valence electrons. The number of hydrogen-bond donors (Lipinski definition) is 1. The van der Waals surface area contributed by atoms with E-state index in [0.29, 0.717) is 18.1 Å². The van der Waals surface area contributed by atoms with Crippen LogP contribution in [0.5, 0.6) is 11.5 Å². The number of benzene rings is 1. The van der Waals surface area contributed by atoms with E-state index in [9.17, 15) is 0 Å². The van der Waals surface area contributed by atoms with E-state index in [-0.39, 0.29) is 0 Å². The molecule has 0 atom stereocenters. The van der Waals surface area contributed by atoms with Crippen LogP contribution >= 0.6 is 27.5 Å². The summed E-state index contributed by atoms with van der Waals surface area (Å²) in [4.78, 5) is 0. The number of rotatable bonds is 5. The summed E-state index contributed by atoms with van der Waals surface area (Å²) in [7, 11) is 3.44. The lowest BCUT2D eigenvalue weighted by Crippen LogP contribution is -2.01. The van der Waals surface area contributed by atoms with Gasteiger partial charge >= 0.3 is 0 Å². The smallest absolute Gasteiger partial charge is 0.175 e. The Hall–Kier alpha value is -1.34. The number of hydrogen-bond acceptors (Lipinski definition) is 6. The molecule has 1 heterocycles. The molecule has 0 spiro atoms. The summed E-state index contributed by atoms with van der Waals surface area (Å²) in [5.41, 5.74) is 0.778. The second-order valence-electron chi connectivity index (χ2n) is 3.36. The van der Waals surface area contributed by atoms with Crippen LogP contribution in [0.3, 0.4) is 0 Å². The summed E-state index contributed by atoms with van der Waals surface area (Å²) >= 11 is 4.74. The Kier molecular flexibility index (Phi) is 4.38. The van der Waals surface area contributed by atoms with E-state index in [2.05, 4.69) is 30.8 Å². The highest BCUT2D eigenvalue weighted by Crippen LogP contribution is 2.35. The number of halogens is 1. The normalized spacial score (nSPS) is 10.2. The van der Waals surface area contributed by atoms with Crippen LogP contribution in [0.4, 0.5) is 5.00 Å². The third-order valence-electron chi connectivity index (χ3n) is 2.29. The van der Waals surface area contributed by atoms with Gasteiger partial charge in [0.25, 0.3) is 0 Å². The zero-order valence-corrected chi connectivity index (χ0v) is 12.3. The molecule has 2 rings (SSSR count). The first-order chi connectivity index (χ1) is 8.76. The van der Waals surface area contributed by atoms with Crippen LogP contribution in [-0.4, -0.2) is 23.7 Å². The Morgan fingerprint density at radius 1 is 1.44 bits per heavy atom. The highest BCUT2D eigenvalue weighted by atomic mass is 79.9. The molecule has 0 fully saturated rings. The summed E-state index contributed by atoms with van der Waals surface area (Å²) in [5.74, 6) is 1.34. The first-order valence-electron chi connectivity index (χ1n) is 5.20. The summed E-state index contributed by atoms with van der Waals surface area (Å²) in [5, 5.41) is 7.94. The van der Waals surface area contributed by atoms with Crippen molar-refractivity contribution < 1.29 is 9.47 Å². The monoisotopic (exact) mass is 329 g/mol. The summed E-state index contributed by atoms with van der Waals surface area (Å²) in [6.07, 6.45) is 0. The number of ether oxygens (including phenoxy) is 2. The van der Waals surface area contributed by atoms with Crippen molar-refractivity contribution in [3.05, 3.63) is 28.4 Å². The van der Waals surface area contributed by atoms with Crippen molar-refractivity contribution in [1.29, 1.82) is 0 Å². The van der Waals surface area contributed by atoms with Crippen LogP contribution < -0.4 is 14.8 Å². The molecule has 0 bridgehead atoms. The van der Waals surface area contributed by atoms with Gasteiger partial charge in [-0.1, -0.05) is 10.6 Å². The van der Waals surface area contributed by atoms with Crippen molar-refractivity contribution in [2.75, 3.05) is 19.5 Å². The van der Waals surface area contributed by atoms with Crippen LogP contribution in [-0.2, 0) is 6.61 Å². The van der Waals surface area contributed by atoms with E-state index >= 15 is 0 Å². The number of para-hydroxylation sites is 1. The fourth-order valence-electron chi connectivity index (χ4n) is 1.42. The van der Waals surface area contributed by atoms with E-state index in [4.69, 9.17) is 9.47 Å². The molecule has 0 aliphatic heterocycles. The lowest BCUT2D eigenvalue weighted by molar-refractivity contribution is 0.279. The highest BCUT2D eigenvalue weighted by Gasteiger charge is 2.12.